The molecule has 2 amide bonds. The Hall–Kier alpha value is -3.66. The molecule has 0 spiro atoms. The van der Waals surface area contributed by atoms with Crippen molar-refractivity contribution in [3.8, 4) is 11.3 Å². The van der Waals surface area contributed by atoms with Crippen molar-refractivity contribution in [3.63, 3.8) is 0 Å². The first kappa shape index (κ1) is 17.7. The lowest BCUT2D eigenvalue weighted by atomic mass is 10.00. The van der Waals surface area contributed by atoms with Gasteiger partial charge in [-0.1, -0.05) is 12.1 Å². The molecule has 1 aromatic carbocycles. The van der Waals surface area contributed by atoms with Gasteiger partial charge in [0.05, 0.1) is 11.4 Å². The summed E-state index contributed by atoms with van der Waals surface area (Å²) in [6, 6.07) is 7.45. The number of anilines is 1. The summed E-state index contributed by atoms with van der Waals surface area (Å²) >= 11 is 1.40. The summed E-state index contributed by atoms with van der Waals surface area (Å²) in [5.41, 5.74) is 8.41. The van der Waals surface area contributed by atoms with Gasteiger partial charge in [-0.05, 0) is 19.1 Å². The number of nitrogens with two attached hydrogens (primary N) is 1. The second-order valence-electron chi connectivity index (χ2n) is 6.27. The molecule has 3 heterocycles. The molecule has 0 radical (unpaired) electrons. The number of carbonyl (C=O) groups excluding carboxylic acids is 1. The maximum absolute atomic E-state index is 12.0. The van der Waals surface area contributed by atoms with E-state index < -0.39 is 23.3 Å². The molecule has 0 aliphatic carbocycles. The fourth-order valence-corrected chi connectivity index (χ4v) is 4.00. The van der Waals surface area contributed by atoms with Gasteiger partial charge in [-0.15, -0.1) is 11.3 Å². The molecule has 9 nitrogen and oxygen atoms in total. The molecule has 0 saturated carbocycles. The van der Waals surface area contributed by atoms with E-state index in [1.165, 1.54) is 17.4 Å². The molecule has 0 fully saturated rings. The Morgan fingerprint density at radius 3 is 2.57 bits per heavy atom. The number of urea groups is 1. The lowest BCUT2D eigenvalue weighted by Crippen LogP contribution is -2.44. The standard InChI is InChI=1S/C18H16N6O3S/c1-8-14(16-21-12(7-28-16)9-2-4-10(19)5-3-9)15(24-17(26)20-8)11-6-13(25)23-18(27)22-11/h2-7,15H,19H2,1H3,(H2,20,24,26)(H2,22,23,25,27). The number of nitrogen functional groups attached to an aromatic ring is 1. The van der Waals surface area contributed by atoms with Gasteiger partial charge in [-0.3, -0.25) is 9.78 Å². The maximum atomic E-state index is 12.0. The van der Waals surface area contributed by atoms with Gasteiger partial charge >= 0.3 is 11.7 Å². The lowest BCUT2D eigenvalue weighted by molar-refractivity contribution is 0.240. The summed E-state index contributed by atoms with van der Waals surface area (Å²) in [4.78, 5) is 44.8. The van der Waals surface area contributed by atoms with Crippen molar-refractivity contribution < 1.29 is 4.79 Å². The minimum absolute atomic E-state index is 0.280. The number of H-pyrrole nitrogens is 2. The topological polar surface area (TPSA) is 146 Å². The second kappa shape index (κ2) is 6.82. The molecule has 10 heteroatoms. The fraction of sp³-hybridized carbons (Fsp3) is 0.111. The molecule has 0 saturated heterocycles. The largest absolute Gasteiger partial charge is 0.399 e. The first-order valence-electron chi connectivity index (χ1n) is 8.34. The Labute approximate surface area is 162 Å². The average molecular weight is 396 g/mol. The van der Waals surface area contributed by atoms with E-state index in [0.29, 0.717) is 22.0 Å². The van der Waals surface area contributed by atoms with Crippen LogP contribution in [0.1, 0.15) is 23.7 Å². The highest BCUT2D eigenvalue weighted by atomic mass is 32.1. The minimum atomic E-state index is -0.714. The van der Waals surface area contributed by atoms with E-state index >= 15 is 0 Å². The monoisotopic (exact) mass is 396 g/mol. The van der Waals surface area contributed by atoms with E-state index in [9.17, 15) is 14.4 Å². The molecule has 28 heavy (non-hydrogen) atoms. The van der Waals surface area contributed by atoms with E-state index in [1.54, 1.807) is 19.1 Å². The van der Waals surface area contributed by atoms with Crippen LogP contribution in [0.3, 0.4) is 0 Å². The number of allylic oxidation sites excluding steroid dienone is 1. The number of amides is 2. The Kier molecular flexibility index (Phi) is 4.32. The summed E-state index contributed by atoms with van der Waals surface area (Å²) in [6.07, 6.45) is 0. The summed E-state index contributed by atoms with van der Waals surface area (Å²) in [6.45, 7) is 1.75. The molecule has 1 aliphatic rings. The number of thiazole rings is 1. The van der Waals surface area contributed by atoms with Crippen LogP contribution < -0.4 is 27.6 Å². The number of nitrogens with one attached hydrogen (secondary N) is 4. The molecule has 2 aromatic heterocycles. The number of aromatic nitrogens is 3. The van der Waals surface area contributed by atoms with Crippen molar-refractivity contribution in [1.82, 2.24) is 25.6 Å². The number of hydrogen-bond donors (Lipinski definition) is 5. The van der Waals surface area contributed by atoms with Crippen LogP contribution in [0.2, 0.25) is 0 Å². The Morgan fingerprint density at radius 2 is 1.86 bits per heavy atom. The van der Waals surface area contributed by atoms with E-state index in [0.717, 1.165) is 11.3 Å². The van der Waals surface area contributed by atoms with Crippen molar-refractivity contribution in [1.29, 1.82) is 0 Å². The zero-order valence-corrected chi connectivity index (χ0v) is 15.5. The van der Waals surface area contributed by atoms with Gasteiger partial charge in [-0.25, -0.2) is 14.6 Å². The number of carbonyl (C=O) groups is 1. The first-order valence-corrected chi connectivity index (χ1v) is 9.22. The maximum Gasteiger partial charge on any atom is 0.325 e. The van der Waals surface area contributed by atoms with Crippen LogP contribution >= 0.6 is 11.3 Å². The highest BCUT2D eigenvalue weighted by Gasteiger charge is 2.30. The van der Waals surface area contributed by atoms with Crippen LogP contribution in [-0.2, 0) is 0 Å². The Balaban J connectivity index is 1.80. The fourth-order valence-electron chi connectivity index (χ4n) is 3.04. The molecule has 3 aromatic rings. The normalized spacial score (nSPS) is 16.6. The first-order chi connectivity index (χ1) is 13.4. The number of rotatable bonds is 3. The molecule has 1 unspecified atom stereocenters. The van der Waals surface area contributed by atoms with Crippen molar-refractivity contribution in [2.45, 2.75) is 13.0 Å². The smallest absolute Gasteiger partial charge is 0.325 e. The predicted molar refractivity (Wildman–Crippen MR) is 107 cm³/mol. The van der Waals surface area contributed by atoms with Gasteiger partial charge in [-0.2, -0.15) is 0 Å². The van der Waals surface area contributed by atoms with Crippen LogP contribution in [0.5, 0.6) is 0 Å². The van der Waals surface area contributed by atoms with E-state index in [1.807, 2.05) is 17.5 Å². The third-order valence-corrected chi connectivity index (χ3v) is 5.18. The summed E-state index contributed by atoms with van der Waals surface area (Å²) < 4.78 is 0. The number of aromatic amines is 2. The summed E-state index contributed by atoms with van der Waals surface area (Å²) in [5, 5.41) is 8.01. The molecule has 1 aliphatic heterocycles. The van der Waals surface area contributed by atoms with Crippen molar-refractivity contribution in [2.24, 2.45) is 0 Å². The van der Waals surface area contributed by atoms with E-state index in [4.69, 9.17) is 5.73 Å². The third kappa shape index (κ3) is 3.32. The van der Waals surface area contributed by atoms with Gasteiger partial charge in [0.1, 0.15) is 11.0 Å². The molecule has 6 N–H and O–H groups in total. The van der Waals surface area contributed by atoms with Gasteiger partial charge in [0.15, 0.2) is 0 Å². The number of hydrogen-bond acceptors (Lipinski definition) is 6. The molecule has 0 bridgehead atoms. The SMILES string of the molecule is CC1=C(c2nc(-c3ccc(N)cc3)cs2)C(c2cc(=O)[nH]c(=O)[nH]2)NC(=O)N1. The van der Waals surface area contributed by atoms with Gasteiger partial charge in [0, 0.05) is 34.0 Å². The molecular formula is C18H16N6O3S. The molecule has 4 rings (SSSR count). The Morgan fingerprint density at radius 1 is 1.11 bits per heavy atom. The van der Waals surface area contributed by atoms with Crippen LogP contribution in [0.25, 0.3) is 16.8 Å². The minimum Gasteiger partial charge on any atom is -0.399 e. The van der Waals surface area contributed by atoms with E-state index in [2.05, 4.69) is 25.6 Å². The van der Waals surface area contributed by atoms with Crippen LogP contribution in [0, 0.1) is 0 Å². The van der Waals surface area contributed by atoms with Crippen LogP contribution in [0.4, 0.5) is 10.5 Å². The Bertz CT molecular complexity index is 1180. The van der Waals surface area contributed by atoms with Crippen molar-refractivity contribution in [2.75, 3.05) is 5.73 Å². The highest BCUT2D eigenvalue weighted by molar-refractivity contribution is 7.11. The van der Waals surface area contributed by atoms with Crippen molar-refractivity contribution in [3.05, 3.63) is 72.9 Å². The van der Waals surface area contributed by atoms with Gasteiger partial charge in [0.25, 0.3) is 5.56 Å². The zero-order chi connectivity index (χ0) is 19.8. The van der Waals surface area contributed by atoms with Gasteiger partial charge in [0.2, 0.25) is 0 Å². The van der Waals surface area contributed by atoms with Crippen LogP contribution in [-0.4, -0.2) is 21.0 Å². The molecule has 142 valence electrons. The highest BCUT2D eigenvalue weighted by Crippen LogP contribution is 2.36. The quantitative estimate of drug-likeness (QED) is 0.426. The van der Waals surface area contributed by atoms with Crippen LogP contribution in [0.15, 0.2) is 51.0 Å². The molecular weight excluding hydrogens is 380 g/mol. The number of benzene rings is 1. The van der Waals surface area contributed by atoms with Gasteiger partial charge < -0.3 is 21.4 Å². The second-order valence-corrected chi connectivity index (χ2v) is 7.13. The third-order valence-electron chi connectivity index (χ3n) is 4.30. The zero-order valence-electron chi connectivity index (χ0n) is 14.7. The molecule has 1 atom stereocenters. The lowest BCUT2D eigenvalue weighted by Gasteiger charge is -2.27. The number of nitrogens with zero attached hydrogens (tertiary/aromatic N) is 1. The van der Waals surface area contributed by atoms with Crippen molar-refractivity contribution >= 4 is 28.6 Å². The average Bonchev–Trinajstić information content (AvgIpc) is 3.10. The van der Waals surface area contributed by atoms with E-state index in [-0.39, 0.29) is 5.69 Å². The summed E-state index contributed by atoms with van der Waals surface area (Å²) in [7, 11) is 0. The summed E-state index contributed by atoms with van der Waals surface area (Å²) in [5.74, 6) is 0. The predicted octanol–water partition coefficient (Wildman–Crippen LogP) is 1.55.